The molecule has 0 bridgehead atoms. The van der Waals surface area contributed by atoms with Gasteiger partial charge in [0.05, 0.1) is 6.10 Å². The minimum Gasteiger partial charge on any atom is -0.393 e. The number of halogens is 1. The van der Waals surface area contributed by atoms with E-state index in [2.05, 4.69) is 13.0 Å². The van der Waals surface area contributed by atoms with E-state index in [0.29, 0.717) is 12.8 Å². The molecule has 0 aliphatic heterocycles. The van der Waals surface area contributed by atoms with Gasteiger partial charge in [0.2, 0.25) is 0 Å². The molecule has 3 heteroatoms. The second-order valence-electron chi connectivity index (χ2n) is 8.64. The topological polar surface area (TPSA) is 37.3 Å². The van der Waals surface area contributed by atoms with Crippen LogP contribution in [-0.2, 0) is 4.79 Å². The Bertz CT molecular complexity index is 542. The van der Waals surface area contributed by atoms with E-state index in [9.17, 15) is 14.3 Å². The van der Waals surface area contributed by atoms with Gasteiger partial charge in [-0.2, -0.15) is 0 Å². The predicted molar refractivity (Wildman–Crippen MR) is 83.0 cm³/mol. The molecule has 0 radical (unpaired) electrons. The molecule has 0 spiro atoms. The number of aliphatic hydroxyl groups is 1. The van der Waals surface area contributed by atoms with Gasteiger partial charge in [-0.05, 0) is 61.7 Å². The van der Waals surface area contributed by atoms with Crippen LogP contribution in [0.3, 0.4) is 0 Å². The highest BCUT2D eigenvalue weighted by Gasteiger charge is 2.63. The zero-order valence-electron chi connectivity index (χ0n) is 13.6. The molecule has 2 nitrogen and oxygen atoms in total. The van der Waals surface area contributed by atoms with Crippen molar-refractivity contribution in [2.24, 2.45) is 28.6 Å². The molecule has 0 saturated heterocycles. The molecular weight excluding hydrogens is 279 g/mol. The Morgan fingerprint density at radius 2 is 2.05 bits per heavy atom. The third kappa shape index (κ3) is 1.72. The average Bonchev–Trinajstić information content (AvgIpc) is 2.70. The first-order valence-electron chi connectivity index (χ1n) is 8.94. The zero-order valence-corrected chi connectivity index (χ0v) is 13.6. The number of fused-ring (bicyclic) bond motifs is 5. The van der Waals surface area contributed by atoms with Gasteiger partial charge in [0.25, 0.3) is 0 Å². The van der Waals surface area contributed by atoms with Crippen LogP contribution in [0.2, 0.25) is 0 Å². The van der Waals surface area contributed by atoms with Crippen LogP contribution < -0.4 is 0 Å². The molecule has 4 aliphatic carbocycles. The minimum absolute atomic E-state index is 0.0688. The van der Waals surface area contributed by atoms with Crippen molar-refractivity contribution in [2.75, 3.05) is 0 Å². The Morgan fingerprint density at radius 1 is 1.27 bits per heavy atom. The van der Waals surface area contributed by atoms with Gasteiger partial charge in [-0.25, -0.2) is 4.39 Å². The maximum Gasteiger partial charge on any atom is 0.173 e. The fourth-order valence-corrected chi connectivity index (χ4v) is 6.58. The van der Waals surface area contributed by atoms with Gasteiger partial charge in [-0.1, -0.05) is 31.9 Å². The maximum atomic E-state index is 14.1. The maximum absolute atomic E-state index is 14.1. The fraction of sp³-hybridized carbons (Fsp3) is 0.842. The molecule has 0 unspecified atom stereocenters. The molecule has 0 heterocycles. The van der Waals surface area contributed by atoms with E-state index < -0.39 is 17.7 Å². The normalized spacial score (nSPS) is 54.3. The van der Waals surface area contributed by atoms with Crippen LogP contribution >= 0.6 is 0 Å². The van der Waals surface area contributed by atoms with Gasteiger partial charge < -0.3 is 5.11 Å². The first-order chi connectivity index (χ1) is 10.4. The molecule has 0 amide bonds. The molecule has 4 aliphatic rings. The number of rotatable bonds is 0. The summed E-state index contributed by atoms with van der Waals surface area (Å²) in [6.07, 6.45) is 7.10. The van der Waals surface area contributed by atoms with Crippen molar-refractivity contribution in [3.05, 3.63) is 11.6 Å². The second-order valence-corrected chi connectivity index (χ2v) is 8.64. The van der Waals surface area contributed by atoms with Gasteiger partial charge >= 0.3 is 0 Å². The van der Waals surface area contributed by atoms with Crippen molar-refractivity contribution < 1.29 is 14.3 Å². The molecule has 3 saturated carbocycles. The lowest BCUT2D eigenvalue weighted by Crippen LogP contribution is -2.55. The van der Waals surface area contributed by atoms with Crippen molar-refractivity contribution in [3.8, 4) is 0 Å². The Balaban J connectivity index is 1.76. The number of allylic oxidation sites excluding steroid dienone is 2. The third-order valence-electron chi connectivity index (χ3n) is 7.65. The van der Waals surface area contributed by atoms with Crippen molar-refractivity contribution in [1.29, 1.82) is 0 Å². The number of carbonyl (C=O) groups excluding carboxylic acids is 1. The number of ketones is 1. The molecule has 0 aromatic carbocycles. The van der Waals surface area contributed by atoms with E-state index in [1.807, 2.05) is 6.92 Å². The quantitative estimate of drug-likeness (QED) is 0.691. The molecule has 0 aromatic rings. The lowest BCUT2D eigenvalue weighted by atomic mass is 9.47. The van der Waals surface area contributed by atoms with Crippen LogP contribution in [-0.4, -0.2) is 23.2 Å². The number of alkyl halides is 1. The Labute approximate surface area is 132 Å². The van der Waals surface area contributed by atoms with Crippen molar-refractivity contribution in [3.63, 3.8) is 0 Å². The fourth-order valence-electron chi connectivity index (χ4n) is 6.58. The highest BCUT2D eigenvalue weighted by atomic mass is 19.1. The van der Waals surface area contributed by atoms with Crippen LogP contribution in [0.5, 0.6) is 0 Å². The van der Waals surface area contributed by atoms with Crippen molar-refractivity contribution in [1.82, 2.24) is 0 Å². The summed E-state index contributed by atoms with van der Waals surface area (Å²) >= 11 is 0. The van der Waals surface area contributed by atoms with Crippen molar-refractivity contribution >= 4 is 5.78 Å². The van der Waals surface area contributed by atoms with Gasteiger partial charge in [0, 0.05) is 5.41 Å². The standard InChI is InChI=1S/C19H27FO2/c1-18-8-4-3-5-11(18)6-7-12-13-9-14(20)17(22)19(13,2)10-15(21)16(12)18/h6,12-16,21H,3-5,7-10H2,1-2H3/t12-,13-,14+,15-,16+,18-,19-/m0/s1. The summed E-state index contributed by atoms with van der Waals surface area (Å²) in [5.74, 6) is 0.341. The smallest absolute Gasteiger partial charge is 0.173 e. The van der Waals surface area contributed by atoms with Crippen LogP contribution in [0.4, 0.5) is 4.39 Å². The molecule has 0 aromatic heterocycles. The zero-order chi connectivity index (χ0) is 15.7. The monoisotopic (exact) mass is 306 g/mol. The van der Waals surface area contributed by atoms with E-state index in [0.717, 1.165) is 19.3 Å². The Kier molecular flexibility index (Phi) is 3.15. The average molecular weight is 306 g/mol. The number of Topliss-reactive ketones (excluding diaryl/α,β-unsaturated/α-hetero) is 1. The van der Waals surface area contributed by atoms with Gasteiger partial charge in [0.1, 0.15) is 0 Å². The Hall–Kier alpha value is -0.700. The predicted octanol–water partition coefficient (Wildman–Crippen LogP) is 3.83. The highest BCUT2D eigenvalue weighted by Crippen LogP contribution is 2.64. The van der Waals surface area contributed by atoms with Gasteiger partial charge in [-0.3, -0.25) is 4.79 Å². The molecule has 122 valence electrons. The van der Waals surface area contributed by atoms with Crippen LogP contribution in [0.25, 0.3) is 0 Å². The molecule has 3 fully saturated rings. The summed E-state index contributed by atoms with van der Waals surface area (Å²) in [6.45, 7) is 4.21. The van der Waals surface area contributed by atoms with Crippen LogP contribution in [0, 0.1) is 28.6 Å². The number of hydrogen-bond donors (Lipinski definition) is 1. The van der Waals surface area contributed by atoms with E-state index in [4.69, 9.17) is 0 Å². The molecule has 7 atom stereocenters. The largest absolute Gasteiger partial charge is 0.393 e. The van der Waals surface area contributed by atoms with Crippen LogP contribution in [0.15, 0.2) is 11.6 Å². The number of carbonyl (C=O) groups is 1. The second kappa shape index (κ2) is 4.66. The molecule has 4 rings (SSSR count). The lowest BCUT2D eigenvalue weighted by Gasteiger charge is -2.58. The van der Waals surface area contributed by atoms with Gasteiger partial charge in [-0.15, -0.1) is 0 Å². The number of aliphatic hydroxyl groups excluding tert-OH is 1. The Morgan fingerprint density at radius 3 is 2.82 bits per heavy atom. The summed E-state index contributed by atoms with van der Waals surface area (Å²) in [4.78, 5) is 12.3. The first kappa shape index (κ1) is 14.9. The minimum atomic E-state index is -1.31. The first-order valence-corrected chi connectivity index (χ1v) is 8.94. The van der Waals surface area contributed by atoms with E-state index in [1.54, 1.807) is 0 Å². The lowest BCUT2D eigenvalue weighted by molar-refractivity contribution is -0.145. The molecule has 1 N–H and O–H groups in total. The molecule has 22 heavy (non-hydrogen) atoms. The summed E-state index contributed by atoms with van der Waals surface area (Å²) in [6, 6.07) is 0. The summed E-state index contributed by atoms with van der Waals surface area (Å²) < 4.78 is 14.1. The van der Waals surface area contributed by atoms with Crippen molar-refractivity contribution in [2.45, 2.75) is 71.1 Å². The third-order valence-corrected chi connectivity index (χ3v) is 7.65. The molecular formula is C19H27FO2. The van der Waals surface area contributed by atoms with E-state index >= 15 is 0 Å². The van der Waals surface area contributed by atoms with Crippen LogP contribution in [0.1, 0.15) is 58.8 Å². The summed E-state index contributed by atoms with van der Waals surface area (Å²) in [7, 11) is 0. The van der Waals surface area contributed by atoms with E-state index in [-0.39, 0.29) is 29.0 Å². The number of hydrogen-bond acceptors (Lipinski definition) is 2. The summed E-state index contributed by atoms with van der Waals surface area (Å²) in [5, 5.41) is 10.9. The highest BCUT2D eigenvalue weighted by molar-refractivity contribution is 5.91. The van der Waals surface area contributed by atoms with Gasteiger partial charge in [0.15, 0.2) is 12.0 Å². The SMILES string of the molecule is C[C@]12CCCCC1=CC[C@@H]1[C@@H]2[C@@H](O)C[C@]2(C)C(=O)[C@H](F)C[C@@H]12. The van der Waals surface area contributed by atoms with E-state index in [1.165, 1.54) is 18.4 Å². The summed E-state index contributed by atoms with van der Waals surface area (Å²) in [5.41, 5.74) is 0.944.